The second-order valence-electron chi connectivity index (χ2n) is 4.41. The number of halogens is 1. The standard InChI is InChI=1S/C15H14ClN3O2/c1-10-4-2-5-11(8-10)14(20)18-19-15(21)17-13-7-3-6-12(16)9-13/h2-9H,1H3,(H,18,20)(H2,17,19,21). The van der Waals surface area contributed by atoms with Gasteiger partial charge in [0.1, 0.15) is 0 Å². The number of anilines is 1. The number of urea groups is 1. The van der Waals surface area contributed by atoms with Crippen molar-refractivity contribution in [2.45, 2.75) is 6.92 Å². The number of nitrogens with one attached hydrogen (secondary N) is 3. The predicted molar refractivity (Wildman–Crippen MR) is 82.3 cm³/mol. The lowest BCUT2D eigenvalue weighted by atomic mass is 10.1. The Kier molecular flexibility index (Phi) is 4.79. The first-order valence-corrected chi connectivity index (χ1v) is 6.62. The molecule has 0 spiro atoms. The van der Waals surface area contributed by atoms with Crippen LogP contribution < -0.4 is 16.2 Å². The fraction of sp³-hybridized carbons (Fsp3) is 0.0667. The summed E-state index contributed by atoms with van der Waals surface area (Å²) in [6.07, 6.45) is 0. The number of hydrazine groups is 1. The number of benzene rings is 2. The summed E-state index contributed by atoms with van der Waals surface area (Å²) in [5.74, 6) is -0.389. The van der Waals surface area contributed by atoms with Crippen LogP contribution in [0.15, 0.2) is 48.5 Å². The van der Waals surface area contributed by atoms with Crippen LogP contribution in [0.5, 0.6) is 0 Å². The SMILES string of the molecule is Cc1cccc(C(=O)NNC(=O)Nc2cccc(Cl)c2)c1. The third-order valence-electron chi connectivity index (χ3n) is 2.65. The molecule has 5 nitrogen and oxygen atoms in total. The van der Waals surface area contributed by atoms with Gasteiger partial charge in [-0.2, -0.15) is 0 Å². The zero-order valence-electron chi connectivity index (χ0n) is 11.3. The lowest BCUT2D eigenvalue weighted by Crippen LogP contribution is -2.43. The van der Waals surface area contributed by atoms with Crippen molar-refractivity contribution in [2.75, 3.05) is 5.32 Å². The molecule has 0 saturated heterocycles. The largest absolute Gasteiger partial charge is 0.337 e. The lowest BCUT2D eigenvalue weighted by Gasteiger charge is -2.09. The molecule has 0 heterocycles. The molecule has 3 amide bonds. The molecule has 0 aromatic heterocycles. The molecule has 0 unspecified atom stereocenters. The Balaban J connectivity index is 1.88. The summed E-state index contributed by atoms with van der Waals surface area (Å²) in [7, 11) is 0. The third kappa shape index (κ3) is 4.50. The van der Waals surface area contributed by atoms with E-state index in [9.17, 15) is 9.59 Å². The molecule has 0 bridgehead atoms. The molecule has 21 heavy (non-hydrogen) atoms. The van der Waals surface area contributed by atoms with Crippen LogP contribution in [0.25, 0.3) is 0 Å². The first-order valence-electron chi connectivity index (χ1n) is 6.24. The molecule has 0 fully saturated rings. The van der Waals surface area contributed by atoms with Gasteiger partial charge >= 0.3 is 6.03 Å². The molecule has 2 aromatic carbocycles. The van der Waals surface area contributed by atoms with Gasteiger partial charge in [-0.1, -0.05) is 35.4 Å². The van der Waals surface area contributed by atoms with Crippen LogP contribution in [-0.4, -0.2) is 11.9 Å². The molecule has 2 rings (SSSR count). The molecular formula is C15H14ClN3O2. The van der Waals surface area contributed by atoms with Crippen LogP contribution in [0.2, 0.25) is 5.02 Å². The van der Waals surface area contributed by atoms with E-state index < -0.39 is 6.03 Å². The summed E-state index contributed by atoms with van der Waals surface area (Å²) >= 11 is 5.81. The predicted octanol–water partition coefficient (Wildman–Crippen LogP) is 3.11. The van der Waals surface area contributed by atoms with Crippen LogP contribution in [0.4, 0.5) is 10.5 Å². The van der Waals surface area contributed by atoms with Crippen molar-refractivity contribution in [1.29, 1.82) is 0 Å². The highest BCUT2D eigenvalue weighted by Crippen LogP contribution is 2.14. The summed E-state index contributed by atoms with van der Waals surface area (Å²) in [4.78, 5) is 23.5. The summed E-state index contributed by atoms with van der Waals surface area (Å²) in [5.41, 5.74) is 6.57. The number of hydrogen-bond donors (Lipinski definition) is 3. The molecular weight excluding hydrogens is 290 g/mol. The first-order chi connectivity index (χ1) is 10.0. The average molecular weight is 304 g/mol. The Labute approximate surface area is 127 Å². The summed E-state index contributed by atoms with van der Waals surface area (Å²) < 4.78 is 0. The van der Waals surface area contributed by atoms with Gasteiger partial charge in [-0.25, -0.2) is 10.2 Å². The molecule has 0 radical (unpaired) electrons. The number of rotatable bonds is 2. The maximum atomic E-state index is 11.8. The Morgan fingerprint density at radius 3 is 2.48 bits per heavy atom. The average Bonchev–Trinajstić information content (AvgIpc) is 2.45. The fourth-order valence-corrected chi connectivity index (χ4v) is 1.89. The monoisotopic (exact) mass is 303 g/mol. The van der Waals surface area contributed by atoms with Crippen molar-refractivity contribution >= 4 is 29.2 Å². The van der Waals surface area contributed by atoms with Crippen molar-refractivity contribution < 1.29 is 9.59 Å². The van der Waals surface area contributed by atoms with Gasteiger partial charge in [0.05, 0.1) is 0 Å². The molecule has 6 heteroatoms. The number of hydrogen-bond acceptors (Lipinski definition) is 2. The van der Waals surface area contributed by atoms with Crippen molar-refractivity contribution in [2.24, 2.45) is 0 Å². The summed E-state index contributed by atoms with van der Waals surface area (Å²) in [6, 6.07) is 13.2. The Morgan fingerprint density at radius 2 is 1.76 bits per heavy atom. The molecule has 0 aliphatic heterocycles. The molecule has 0 saturated carbocycles. The molecule has 2 aromatic rings. The minimum Gasteiger partial charge on any atom is -0.307 e. The van der Waals surface area contributed by atoms with Crippen molar-refractivity contribution in [3.63, 3.8) is 0 Å². The fourth-order valence-electron chi connectivity index (χ4n) is 1.70. The van der Waals surface area contributed by atoms with E-state index >= 15 is 0 Å². The Hall–Kier alpha value is -2.53. The van der Waals surface area contributed by atoms with Crippen LogP contribution >= 0.6 is 11.6 Å². The van der Waals surface area contributed by atoms with E-state index in [1.54, 1.807) is 42.5 Å². The Morgan fingerprint density at radius 1 is 1.00 bits per heavy atom. The van der Waals surface area contributed by atoms with Gasteiger partial charge in [-0.3, -0.25) is 10.2 Å². The smallest absolute Gasteiger partial charge is 0.307 e. The van der Waals surface area contributed by atoms with Gasteiger partial charge in [0.25, 0.3) is 5.91 Å². The highest BCUT2D eigenvalue weighted by molar-refractivity contribution is 6.30. The van der Waals surface area contributed by atoms with E-state index in [1.165, 1.54) is 0 Å². The van der Waals surface area contributed by atoms with Crippen LogP contribution in [0, 0.1) is 6.92 Å². The highest BCUT2D eigenvalue weighted by atomic mass is 35.5. The molecule has 0 aliphatic carbocycles. The second-order valence-corrected chi connectivity index (χ2v) is 4.85. The normalized spacial score (nSPS) is 9.81. The quantitative estimate of drug-likeness (QED) is 0.746. The topological polar surface area (TPSA) is 70.2 Å². The zero-order chi connectivity index (χ0) is 15.2. The maximum absolute atomic E-state index is 11.8. The van der Waals surface area contributed by atoms with E-state index in [0.717, 1.165) is 5.56 Å². The number of aryl methyl sites for hydroxylation is 1. The number of carbonyl (C=O) groups is 2. The van der Waals surface area contributed by atoms with E-state index in [0.29, 0.717) is 16.3 Å². The highest BCUT2D eigenvalue weighted by Gasteiger charge is 2.07. The van der Waals surface area contributed by atoms with Gasteiger partial charge in [0, 0.05) is 16.3 Å². The minimum absolute atomic E-state index is 0.389. The molecule has 0 atom stereocenters. The zero-order valence-corrected chi connectivity index (χ0v) is 12.1. The maximum Gasteiger partial charge on any atom is 0.337 e. The first kappa shape index (κ1) is 14.9. The number of amides is 3. The molecule has 0 aliphatic rings. The van der Waals surface area contributed by atoms with Gasteiger partial charge < -0.3 is 5.32 Å². The summed E-state index contributed by atoms with van der Waals surface area (Å²) in [5, 5.41) is 3.06. The van der Waals surface area contributed by atoms with Gasteiger partial charge in [-0.05, 0) is 37.3 Å². The van der Waals surface area contributed by atoms with E-state index in [1.807, 2.05) is 13.0 Å². The molecule has 108 valence electrons. The van der Waals surface area contributed by atoms with Gasteiger partial charge in [0.2, 0.25) is 0 Å². The van der Waals surface area contributed by atoms with E-state index in [4.69, 9.17) is 11.6 Å². The summed E-state index contributed by atoms with van der Waals surface area (Å²) in [6.45, 7) is 1.88. The van der Waals surface area contributed by atoms with Gasteiger partial charge in [-0.15, -0.1) is 0 Å². The third-order valence-corrected chi connectivity index (χ3v) is 2.89. The minimum atomic E-state index is -0.557. The Bertz CT molecular complexity index is 673. The second kappa shape index (κ2) is 6.76. The van der Waals surface area contributed by atoms with Gasteiger partial charge in [0.15, 0.2) is 0 Å². The van der Waals surface area contributed by atoms with Crippen molar-refractivity contribution in [3.05, 3.63) is 64.7 Å². The lowest BCUT2D eigenvalue weighted by molar-refractivity contribution is 0.0938. The van der Waals surface area contributed by atoms with Crippen molar-refractivity contribution in [3.8, 4) is 0 Å². The van der Waals surface area contributed by atoms with Crippen LogP contribution in [-0.2, 0) is 0 Å². The molecule has 3 N–H and O–H groups in total. The van der Waals surface area contributed by atoms with E-state index in [-0.39, 0.29) is 5.91 Å². The van der Waals surface area contributed by atoms with E-state index in [2.05, 4.69) is 16.2 Å². The van der Waals surface area contributed by atoms with Crippen LogP contribution in [0.1, 0.15) is 15.9 Å². The number of carbonyl (C=O) groups excluding carboxylic acids is 2. The van der Waals surface area contributed by atoms with Crippen LogP contribution in [0.3, 0.4) is 0 Å². The van der Waals surface area contributed by atoms with Crippen molar-refractivity contribution in [1.82, 2.24) is 10.9 Å².